The standard InChI is InChI=1S/C9H22OSi2.H6OSi2/c1-9(2)7-8-11(3,4)12(5,6)10-9;2-1-3/h7-8H2,1-6H3;2-3H3. The average molecular weight is 281 g/mol. The molecule has 2 nitrogen and oxygen atoms in total. The Morgan fingerprint density at radius 3 is 1.80 bits per heavy atom. The van der Waals surface area contributed by atoms with Gasteiger partial charge in [0.25, 0.3) is 0 Å². The van der Waals surface area contributed by atoms with Crippen LogP contribution < -0.4 is 0 Å². The Morgan fingerprint density at radius 1 is 1.13 bits per heavy atom. The van der Waals surface area contributed by atoms with Gasteiger partial charge in [0.2, 0.25) is 0 Å². The van der Waals surface area contributed by atoms with Crippen molar-refractivity contribution in [2.75, 3.05) is 0 Å². The molecule has 1 aliphatic rings. The highest BCUT2D eigenvalue weighted by atomic mass is 29.3. The van der Waals surface area contributed by atoms with Gasteiger partial charge >= 0.3 is 0 Å². The maximum absolute atomic E-state index is 6.28. The van der Waals surface area contributed by atoms with E-state index in [0.29, 0.717) is 0 Å². The minimum Gasteiger partial charge on any atom is -0.471 e. The van der Waals surface area contributed by atoms with Crippen LogP contribution in [0.1, 0.15) is 20.3 Å². The van der Waals surface area contributed by atoms with E-state index in [4.69, 9.17) is 4.43 Å². The molecule has 0 aromatic rings. The van der Waals surface area contributed by atoms with E-state index in [1.54, 1.807) is 0 Å². The van der Waals surface area contributed by atoms with E-state index in [0.717, 1.165) is 21.0 Å². The van der Waals surface area contributed by atoms with Crippen LogP contribution >= 0.6 is 0 Å². The number of hydrogen-bond acceptors (Lipinski definition) is 2. The normalized spacial score (nSPS) is 26.8. The topological polar surface area (TPSA) is 18.5 Å². The summed E-state index contributed by atoms with van der Waals surface area (Å²) in [6.07, 6.45) is 1.27. The van der Waals surface area contributed by atoms with Crippen molar-refractivity contribution in [2.24, 2.45) is 0 Å². The second kappa shape index (κ2) is 5.41. The van der Waals surface area contributed by atoms with Crippen molar-refractivity contribution in [2.45, 2.75) is 58.1 Å². The van der Waals surface area contributed by atoms with Crippen LogP contribution in [0.2, 0.25) is 32.2 Å². The van der Waals surface area contributed by atoms with Crippen molar-refractivity contribution >= 4 is 36.4 Å². The fourth-order valence-electron chi connectivity index (χ4n) is 1.79. The summed E-state index contributed by atoms with van der Waals surface area (Å²) in [5, 5.41) is 0. The van der Waals surface area contributed by atoms with Crippen LogP contribution in [0.5, 0.6) is 0 Å². The molecule has 1 fully saturated rings. The maximum Gasteiger partial charge on any atom is 0.174 e. The SMILES string of the molecule is CC1(C)CC[Si](C)(C)[Si](C)(C)O1.[SiH3]O[SiH3]. The summed E-state index contributed by atoms with van der Waals surface area (Å²) in [6.45, 7) is 14.3. The minimum absolute atomic E-state index is 0.165. The molecule has 0 aromatic carbocycles. The Kier molecular flexibility index (Phi) is 5.70. The van der Waals surface area contributed by atoms with E-state index in [1.807, 2.05) is 0 Å². The molecule has 0 unspecified atom stereocenters. The molecular formula is C9H28O2Si4. The Balaban J connectivity index is 0.000000583. The molecule has 0 atom stereocenters. The van der Waals surface area contributed by atoms with Gasteiger partial charge in [0.05, 0.1) is 13.2 Å². The first kappa shape index (κ1) is 15.8. The molecular weight excluding hydrogens is 252 g/mol. The van der Waals surface area contributed by atoms with Crippen LogP contribution in [0.3, 0.4) is 0 Å². The van der Waals surface area contributed by atoms with Gasteiger partial charge in [-0.2, -0.15) is 0 Å². The predicted octanol–water partition coefficient (Wildman–Crippen LogP) is 0.741. The summed E-state index contributed by atoms with van der Waals surface area (Å²) >= 11 is 0. The number of rotatable bonds is 0. The van der Waals surface area contributed by atoms with E-state index < -0.39 is 15.4 Å². The van der Waals surface area contributed by atoms with Crippen molar-refractivity contribution in [3.63, 3.8) is 0 Å². The Bertz CT molecular complexity index is 204. The maximum atomic E-state index is 6.28. The third kappa shape index (κ3) is 4.66. The van der Waals surface area contributed by atoms with Gasteiger partial charge < -0.3 is 8.54 Å². The van der Waals surface area contributed by atoms with Crippen LogP contribution in [0, 0.1) is 0 Å². The first-order valence-electron chi connectivity index (χ1n) is 5.68. The fourth-order valence-corrected chi connectivity index (χ4v) is 9.22. The highest BCUT2D eigenvalue weighted by molar-refractivity contribution is 7.38. The molecule has 1 aliphatic heterocycles. The second-order valence-corrected chi connectivity index (χ2v) is 24.6. The van der Waals surface area contributed by atoms with E-state index in [1.165, 1.54) is 12.5 Å². The van der Waals surface area contributed by atoms with Crippen molar-refractivity contribution in [1.29, 1.82) is 0 Å². The third-order valence-corrected chi connectivity index (χ3v) is 20.2. The average Bonchev–Trinajstić information content (AvgIpc) is 1.98. The highest BCUT2D eigenvalue weighted by Crippen LogP contribution is 2.38. The predicted molar refractivity (Wildman–Crippen MR) is 80.5 cm³/mol. The molecule has 0 aliphatic carbocycles. The van der Waals surface area contributed by atoms with Crippen molar-refractivity contribution in [1.82, 2.24) is 0 Å². The zero-order chi connectivity index (χ0) is 12.3. The van der Waals surface area contributed by atoms with Gasteiger partial charge in [-0.25, -0.2) is 0 Å². The Morgan fingerprint density at radius 2 is 1.53 bits per heavy atom. The van der Waals surface area contributed by atoms with E-state index in [9.17, 15) is 0 Å². The van der Waals surface area contributed by atoms with E-state index in [2.05, 4.69) is 44.2 Å². The van der Waals surface area contributed by atoms with Crippen molar-refractivity contribution in [3.8, 4) is 0 Å². The van der Waals surface area contributed by atoms with Crippen molar-refractivity contribution < 1.29 is 8.54 Å². The molecule has 6 heteroatoms. The lowest BCUT2D eigenvalue weighted by molar-refractivity contribution is 0.0933. The van der Waals surface area contributed by atoms with E-state index >= 15 is 0 Å². The highest BCUT2D eigenvalue weighted by Gasteiger charge is 2.49. The number of hydrogen-bond donors (Lipinski definition) is 0. The van der Waals surface area contributed by atoms with Crippen LogP contribution in [-0.4, -0.2) is 42.0 Å². The summed E-state index contributed by atoms with van der Waals surface area (Å²) in [7, 11) is -0.444. The van der Waals surface area contributed by atoms with Crippen molar-refractivity contribution in [3.05, 3.63) is 0 Å². The molecule has 15 heavy (non-hydrogen) atoms. The molecule has 1 rings (SSSR count). The lowest BCUT2D eigenvalue weighted by atomic mass is 10.1. The molecule has 0 aromatic heterocycles. The lowest BCUT2D eigenvalue weighted by Gasteiger charge is -2.49. The molecule has 0 N–H and O–H groups in total. The molecule has 0 radical (unpaired) electrons. The Labute approximate surface area is 103 Å². The quantitative estimate of drug-likeness (QED) is 0.610. The fraction of sp³-hybridized carbons (Fsp3) is 1.00. The summed E-state index contributed by atoms with van der Waals surface area (Å²) < 4.78 is 10.8. The first-order valence-corrected chi connectivity index (χ1v) is 14.4. The van der Waals surface area contributed by atoms with Gasteiger partial charge in [-0.15, -0.1) is 0 Å². The van der Waals surface area contributed by atoms with Gasteiger partial charge in [-0.1, -0.05) is 19.1 Å². The van der Waals surface area contributed by atoms with Gasteiger partial charge in [0.15, 0.2) is 7.83 Å². The molecule has 0 saturated carbocycles. The molecule has 0 bridgehead atoms. The largest absolute Gasteiger partial charge is 0.471 e. The van der Waals surface area contributed by atoms with Crippen LogP contribution in [0.15, 0.2) is 0 Å². The molecule has 92 valence electrons. The molecule has 0 amide bonds. The first-order chi connectivity index (χ1) is 6.58. The zero-order valence-corrected chi connectivity index (χ0v) is 17.7. The summed E-state index contributed by atoms with van der Waals surface area (Å²) in [5.41, 5.74) is 0.165. The smallest absolute Gasteiger partial charge is 0.174 e. The summed E-state index contributed by atoms with van der Waals surface area (Å²) in [5.74, 6) is 0. The minimum atomic E-state index is -1.31. The Hall–Kier alpha value is 0.788. The van der Waals surface area contributed by atoms with E-state index in [-0.39, 0.29) is 5.60 Å². The van der Waals surface area contributed by atoms with Gasteiger partial charge in [0.1, 0.15) is 21.0 Å². The van der Waals surface area contributed by atoms with Crippen LogP contribution in [-0.2, 0) is 8.54 Å². The molecule has 1 saturated heterocycles. The summed E-state index contributed by atoms with van der Waals surface area (Å²) in [6, 6.07) is 1.46. The molecule has 1 heterocycles. The summed E-state index contributed by atoms with van der Waals surface area (Å²) in [4.78, 5) is 0. The van der Waals surface area contributed by atoms with Crippen LogP contribution in [0.4, 0.5) is 0 Å². The monoisotopic (exact) mass is 280 g/mol. The third-order valence-electron chi connectivity index (χ3n) is 3.51. The van der Waals surface area contributed by atoms with Gasteiger partial charge in [-0.05, 0) is 33.4 Å². The zero-order valence-electron chi connectivity index (χ0n) is 11.7. The van der Waals surface area contributed by atoms with Crippen LogP contribution in [0.25, 0.3) is 0 Å². The van der Waals surface area contributed by atoms with Gasteiger partial charge in [-0.3, -0.25) is 0 Å². The molecule has 0 spiro atoms. The lowest BCUT2D eigenvalue weighted by Crippen LogP contribution is -2.63. The van der Waals surface area contributed by atoms with Gasteiger partial charge in [0, 0.05) is 0 Å². The second-order valence-electron chi connectivity index (χ2n) is 6.16.